The first-order valence-electron chi connectivity index (χ1n) is 11.5. The van der Waals surface area contributed by atoms with Gasteiger partial charge in [0.1, 0.15) is 11.5 Å². The summed E-state index contributed by atoms with van der Waals surface area (Å²) < 4.78 is 7.38. The van der Waals surface area contributed by atoms with Crippen molar-refractivity contribution in [3.8, 4) is 11.3 Å². The van der Waals surface area contributed by atoms with Gasteiger partial charge in [0.25, 0.3) is 5.56 Å². The Hall–Kier alpha value is -4.85. The number of hydrogen-bond acceptors (Lipinski definition) is 6. The van der Waals surface area contributed by atoms with Crippen molar-refractivity contribution in [1.29, 1.82) is 0 Å². The number of nitrogen functional groups attached to an aromatic ring is 1. The molecule has 5 rings (SSSR count). The van der Waals surface area contributed by atoms with Gasteiger partial charge in [-0.15, -0.1) is 0 Å². The summed E-state index contributed by atoms with van der Waals surface area (Å²) in [6.07, 6.45) is 1.66. The standard InChI is InChI=1S/C28H25N5O3/c29-26-25(27(34)31-28(35)33(26)18-21-12-6-2-7-13-21)32(17-20-10-4-1-5-11-20)19-24-30-16-23(36-24)22-14-8-3-9-15-22/h1-16H,17-19,29H2,(H,31,34,35). The van der Waals surface area contributed by atoms with E-state index in [1.165, 1.54) is 4.57 Å². The van der Waals surface area contributed by atoms with Crippen LogP contribution in [0, 0.1) is 0 Å². The number of rotatable bonds is 8. The van der Waals surface area contributed by atoms with Gasteiger partial charge in [0.15, 0.2) is 5.76 Å². The molecule has 180 valence electrons. The lowest BCUT2D eigenvalue weighted by Crippen LogP contribution is -2.38. The summed E-state index contributed by atoms with van der Waals surface area (Å²) in [5.74, 6) is 1.13. The maximum Gasteiger partial charge on any atom is 0.330 e. The molecule has 0 aliphatic heterocycles. The second kappa shape index (κ2) is 10.2. The number of hydrogen-bond donors (Lipinski definition) is 2. The second-order valence-electron chi connectivity index (χ2n) is 8.39. The van der Waals surface area contributed by atoms with Gasteiger partial charge in [-0.2, -0.15) is 0 Å². The molecule has 5 aromatic rings. The smallest absolute Gasteiger partial charge is 0.330 e. The SMILES string of the molecule is Nc1c(N(Cc2ccccc2)Cc2ncc(-c3ccccc3)o2)c(=O)[nH]c(=O)n1Cc1ccccc1. The molecule has 8 nitrogen and oxygen atoms in total. The van der Waals surface area contributed by atoms with Crippen LogP contribution in [0.5, 0.6) is 0 Å². The Morgan fingerprint density at radius 3 is 2.11 bits per heavy atom. The van der Waals surface area contributed by atoms with Crippen molar-refractivity contribution in [2.75, 3.05) is 10.6 Å². The number of oxazole rings is 1. The number of nitrogens with two attached hydrogens (primary N) is 1. The highest BCUT2D eigenvalue weighted by atomic mass is 16.4. The molecule has 0 aliphatic rings. The Labute approximate surface area is 207 Å². The van der Waals surface area contributed by atoms with Crippen LogP contribution in [0.25, 0.3) is 11.3 Å². The number of aromatic amines is 1. The topological polar surface area (TPSA) is 110 Å². The van der Waals surface area contributed by atoms with Gasteiger partial charge in [0.05, 0.1) is 19.3 Å². The fraction of sp³-hybridized carbons (Fsp3) is 0.107. The molecule has 0 atom stereocenters. The summed E-state index contributed by atoms with van der Waals surface area (Å²) in [6, 6.07) is 28.8. The van der Waals surface area contributed by atoms with Gasteiger partial charge in [-0.05, 0) is 11.1 Å². The summed E-state index contributed by atoms with van der Waals surface area (Å²) in [5.41, 5.74) is 8.31. The third-order valence-electron chi connectivity index (χ3n) is 5.87. The average Bonchev–Trinajstić information content (AvgIpc) is 3.37. The van der Waals surface area contributed by atoms with Crippen LogP contribution in [0.2, 0.25) is 0 Å². The Kier molecular flexibility index (Phi) is 6.48. The van der Waals surface area contributed by atoms with E-state index in [9.17, 15) is 9.59 Å². The monoisotopic (exact) mass is 479 g/mol. The van der Waals surface area contributed by atoms with Crippen LogP contribution >= 0.6 is 0 Å². The van der Waals surface area contributed by atoms with Crippen molar-refractivity contribution in [3.05, 3.63) is 135 Å². The van der Waals surface area contributed by atoms with E-state index in [4.69, 9.17) is 10.2 Å². The minimum atomic E-state index is -0.563. The minimum Gasteiger partial charge on any atom is -0.439 e. The Morgan fingerprint density at radius 2 is 1.44 bits per heavy atom. The predicted molar refractivity (Wildman–Crippen MR) is 140 cm³/mol. The lowest BCUT2D eigenvalue weighted by Gasteiger charge is -2.25. The van der Waals surface area contributed by atoms with E-state index in [0.717, 1.165) is 16.7 Å². The van der Waals surface area contributed by atoms with Crippen molar-refractivity contribution in [2.24, 2.45) is 0 Å². The fourth-order valence-corrected chi connectivity index (χ4v) is 4.11. The summed E-state index contributed by atoms with van der Waals surface area (Å²) in [7, 11) is 0. The largest absolute Gasteiger partial charge is 0.439 e. The van der Waals surface area contributed by atoms with Crippen molar-refractivity contribution in [2.45, 2.75) is 19.6 Å². The Bertz CT molecular complexity index is 1560. The van der Waals surface area contributed by atoms with Gasteiger partial charge in [-0.3, -0.25) is 14.3 Å². The van der Waals surface area contributed by atoms with E-state index in [2.05, 4.69) is 9.97 Å². The first-order valence-corrected chi connectivity index (χ1v) is 11.5. The van der Waals surface area contributed by atoms with E-state index in [0.29, 0.717) is 18.2 Å². The molecule has 0 aliphatic carbocycles. The molecule has 8 heteroatoms. The summed E-state index contributed by atoms with van der Waals surface area (Å²) in [6.45, 7) is 0.769. The molecule has 2 heterocycles. The molecule has 36 heavy (non-hydrogen) atoms. The maximum absolute atomic E-state index is 13.1. The maximum atomic E-state index is 13.1. The van der Waals surface area contributed by atoms with Crippen LogP contribution < -0.4 is 21.9 Å². The van der Waals surface area contributed by atoms with E-state index in [1.807, 2.05) is 91.0 Å². The number of benzene rings is 3. The predicted octanol–water partition coefficient (Wildman–Crippen LogP) is 4.03. The van der Waals surface area contributed by atoms with Crippen LogP contribution in [0.3, 0.4) is 0 Å². The van der Waals surface area contributed by atoms with E-state index >= 15 is 0 Å². The van der Waals surface area contributed by atoms with Crippen molar-refractivity contribution < 1.29 is 4.42 Å². The van der Waals surface area contributed by atoms with Gasteiger partial charge >= 0.3 is 5.69 Å². The zero-order valence-corrected chi connectivity index (χ0v) is 19.5. The molecule has 3 aromatic carbocycles. The van der Waals surface area contributed by atoms with Gasteiger partial charge < -0.3 is 15.1 Å². The average molecular weight is 480 g/mol. The first kappa shape index (κ1) is 22.9. The van der Waals surface area contributed by atoms with Crippen molar-refractivity contribution in [3.63, 3.8) is 0 Å². The molecular formula is C28H25N5O3. The second-order valence-corrected chi connectivity index (χ2v) is 8.39. The van der Waals surface area contributed by atoms with Crippen LogP contribution in [-0.4, -0.2) is 14.5 Å². The quantitative estimate of drug-likeness (QED) is 0.348. The lowest BCUT2D eigenvalue weighted by atomic mass is 10.2. The first-order chi connectivity index (χ1) is 17.6. The van der Waals surface area contributed by atoms with E-state index in [-0.39, 0.29) is 24.6 Å². The van der Waals surface area contributed by atoms with Crippen molar-refractivity contribution >= 4 is 11.5 Å². The van der Waals surface area contributed by atoms with Gasteiger partial charge in [-0.25, -0.2) is 9.78 Å². The Balaban J connectivity index is 1.54. The van der Waals surface area contributed by atoms with E-state index in [1.54, 1.807) is 11.1 Å². The highest BCUT2D eigenvalue weighted by Gasteiger charge is 2.22. The molecule has 0 saturated carbocycles. The third-order valence-corrected chi connectivity index (χ3v) is 5.87. The number of anilines is 2. The van der Waals surface area contributed by atoms with Crippen LogP contribution in [0.1, 0.15) is 17.0 Å². The lowest BCUT2D eigenvalue weighted by molar-refractivity contribution is 0.497. The molecule has 0 unspecified atom stereocenters. The van der Waals surface area contributed by atoms with Crippen LogP contribution in [-0.2, 0) is 19.6 Å². The molecule has 2 aromatic heterocycles. The molecule has 3 N–H and O–H groups in total. The third kappa shape index (κ3) is 4.97. The summed E-state index contributed by atoms with van der Waals surface area (Å²) in [5, 5.41) is 0. The summed E-state index contributed by atoms with van der Waals surface area (Å²) >= 11 is 0. The Morgan fingerprint density at radius 1 is 0.833 bits per heavy atom. The molecule has 0 bridgehead atoms. The number of nitrogens with one attached hydrogen (secondary N) is 1. The molecule has 0 radical (unpaired) electrons. The summed E-state index contributed by atoms with van der Waals surface area (Å²) in [4.78, 5) is 34.4. The minimum absolute atomic E-state index is 0.0818. The molecule has 0 amide bonds. The highest BCUT2D eigenvalue weighted by molar-refractivity contribution is 5.63. The number of nitrogens with zero attached hydrogens (tertiary/aromatic N) is 3. The number of aromatic nitrogens is 3. The van der Waals surface area contributed by atoms with Gasteiger partial charge in [0, 0.05) is 12.1 Å². The molecule has 0 spiro atoms. The zero-order valence-electron chi connectivity index (χ0n) is 19.5. The molecule has 0 saturated heterocycles. The highest BCUT2D eigenvalue weighted by Crippen LogP contribution is 2.25. The number of H-pyrrole nitrogens is 1. The van der Waals surface area contributed by atoms with E-state index < -0.39 is 11.2 Å². The van der Waals surface area contributed by atoms with Gasteiger partial charge in [-0.1, -0.05) is 91.0 Å². The van der Waals surface area contributed by atoms with Crippen molar-refractivity contribution in [1.82, 2.24) is 14.5 Å². The zero-order chi connectivity index (χ0) is 24.9. The van der Waals surface area contributed by atoms with Gasteiger partial charge in [0.2, 0.25) is 5.89 Å². The van der Waals surface area contributed by atoms with Crippen LogP contribution in [0.15, 0.2) is 111 Å². The van der Waals surface area contributed by atoms with Crippen LogP contribution in [0.4, 0.5) is 11.5 Å². The molecule has 0 fully saturated rings. The fourth-order valence-electron chi connectivity index (χ4n) is 4.11. The normalized spacial score (nSPS) is 10.9. The molecular weight excluding hydrogens is 454 g/mol.